The molecule has 0 aliphatic carbocycles. The number of aromatic nitrogens is 4. The van der Waals surface area contributed by atoms with Gasteiger partial charge >= 0.3 is 0 Å². The minimum atomic E-state index is -0.169. The summed E-state index contributed by atoms with van der Waals surface area (Å²) >= 11 is 0. The van der Waals surface area contributed by atoms with E-state index in [1.54, 1.807) is 0 Å². The molecule has 6 nitrogen and oxygen atoms in total. The fourth-order valence-electron chi connectivity index (χ4n) is 3.65. The zero-order valence-corrected chi connectivity index (χ0v) is 16.4. The van der Waals surface area contributed by atoms with Gasteiger partial charge in [0, 0.05) is 18.9 Å². The Kier molecular flexibility index (Phi) is 4.86. The minimum absolute atomic E-state index is 0.00433. The van der Waals surface area contributed by atoms with Crippen molar-refractivity contribution < 1.29 is 4.79 Å². The molecule has 28 heavy (non-hydrogen) atoms. The van der Waals surface area contributed by atoms with Gasteiger partial charge < -0.3 is 14.9 Å². The SMILES string of the molecule is CC(NC(=O)CCc1nc2ccccc2[nH]1)c1nc2ccccc2n1C(C)C. The molecule has 4 rings (SSSR count). The van der Waals surface area contributed by atoms with Crippen molar-refractivity contribution in [2.45, 2.75) is 45.7 Å². The van der Waals surface area contributed by atoms with Crippen molar-refractivity contribution in [3.8, 4) is 0 Å². The fourth-order valence-corrected chi connectivity index (χ4v) is 3.65. The first-order chi connectivity index (χ1) is 13.5. The van der Waals surface area contributed by atoms with Crippen molar-refractivity contribution in [1.29, 1.82) is 0 Å². The standard InChI is InChI=1S/C22H25N5O/c1-14(2)27-19-11-7-6-10-18(19)26-22(27)15(3)23-21(28)13-12-20-24-16-8-4-5-9-17(16)25-20/h4-11,14-15H,12-13H2,1-3H3,(H,23,28)(H,24,25). The average molecular weight is 375 g/mol. The maximum atomic E-state index is 12.5. The van der Waals surface area contributed by atoms with Crippen LogP contribution in [-0.2, 0) is 11.2 Å². The van der Waals surface area contributed by atoms with E-state index in [4.69, 9.17) is 4.98 Å². The molecule has 4 aromatic rings. The van der Waals surface area contributed by atoms with Crippen molar-refractivity contribution >= 4 is 28.0 Å². The van der Waals surface area contributed by atoms with Crippen LogP contribution in [0, 0.1) is 0 Å². The summed E-state index contributed by atoms with van der Waals surface area (Å²) in [5.74, 6) is 1.71. The molecule has 0 radical (unpaired) electrons. The van der Waals surface area contributed by atoms with Crippen LogP contribution in [0.1, 0.15) is 50.9 Å². The number of carbonyl (C=O) groups is 1. The number of carbonyl (C=O) groups excluding carboxylic acids is 1. The van der Waals surface area contributed by atoms with Crippen LogP contribution in [0.15, 0.2) is 48.5 Å². The first-order valence-corrected chi connectivity index (χ1v) is 9.73. The van der Waals surface area contributed by atoms with Gasteiger partial charge in [0.2, 0.25) is 5.91 Å². The first-order valence-electron chi connectivity index (χ1n) is 9.73. The second kappa shape index (κ2) is 7.46. The summed E-state index contributed by atoms with van der Waals surface area (Å²) in [6, 6.07) is 16.1. The van der Waals surface area contributed by atoms with Gasteiger partial charge in [-0.1, -0.05) is 24.3 Å². The number of amides is 1. The molecule has 1 atom stereocenters. The predicted molar refractivity (Wildman–Crippen MR) is 111 cm³/mol. The number of hydrogen-bond donors (Lipinski definition) is 2. The van der Waals surface area contributed by atoms with Crippen LogP contribution in [-0.4, -0.2) is 25.4 Å². The number of benzene rings is 2. The highest BCUT2D eigenvalue weighted by molar-refractivity contribution is 5.79. The number of aryl methyl sites for hydroxylation is 1. The molecule has 144 valence electrons. The molecule has 0 spiro atoms. The molecule has 2 aromatic heterocycles. The summed E-state index contributed by atoms with van der Waals surface area (Å²) in [6.07, 6.45) is 0.958. The molecule has 1 amide bonds. The van der Waals surface area contributed by atoms with Gasteiger partial charge in [-0.25, -0.2) is 9.97 Å². The summed E-state index contributed by atoms with van der Waals surface area (Å²) in [6.45, 7) is 6.25. The van der Waals surface area contributed by atoms with Gasteiger partial charge in [-0.05, 0) is 45.0 Å². The molecule has 0 aliphatic heterocycles. The van der Waals surface area contributed by atoms with Gasteiger partial charge in [0.1, 0.15) is 11.6 Å². The highest BCUT2D eigenvalue weighted by atomic mass is 16.1. The van der Waals surface area contributed by atoms with Gasteiger partial charge in [0.15, 0.2) is 0 Å². The number of nitrogens with zero attached hydrogens (tertiary/aromatic N) is 3. The Morgan fingerprint density at radius 3 is 2.50 bits per heavy atom. The zero-order valence-electron chi connectivity index (χ0n) is 16.4. The van der Waals surface area contributed by atoms with E-state index in [0.29, 0.717) is 12.8 Å². The van der Waals surface area contributed by atoms with E-state index in [2.05, 4.69) is 39.8 Å². The molecule has 0 fully saturated rings. The quantitative estimate of drug-likeness (QED) is 0.527. The van der Waals surface area contributed by atoms with Crippen LogP contribution in [0.25, 0.3) is 22.1 Å². The van der Waals surface area contributed by atoms with Crippen molar-refractivity contribution in [3.05, 3.63) is 60.2 Å². The largest absolute Gasteiger partial charge is 0.346 e. The first kappa shape index (κ1) is 18.2. The Balaban J connectivity index is 1.45. The van der Waals surface area contributed by atoms with E-state index in [9.17, 15) is 4.79 Å². The summed E-state index contributed by atoms with van der Waals surface area (Å²) in [5, 5.41) is 3.09. The Hall–Kier alpha value is -3.15. The lowest BCUT2D eigenvalue weighted by Gasteiger charge is -2.18. The summed E-state index contributed by atoms with van der Waals surface area (Å²) in [4.78, 5) is 25.1. The highest BCUT2D eigenvalue weighted by Gasteiger charge is 2.20. The molecule has 0 aliphatic rings. The monoisotopic (exact) mass is 375 g/mol. The average Bonchev–Trinajstić information content (AvgIpc) is 3.27. The summed E-state index contributed by atoms with van der Waals surface area (Å²) < 4.78 is 2.19. The highest BCUT2D eigenvalue weighted by Crippen LogP contribution is 2.25. The van der Waals surface area contributed by atoms with Crippen molar-refractivity contribution in [1.82, 2.24) is 24.8 Å². The van der Waals surface area contributed by atoms with Gasteiger partial charge in [-0.2, -0.15) is 0 Å². The number of imidazole rings is 2. The second-order valence-electron chi connectivity index (χ2n) is 7.41. The van der Waals surface area contributed by atoms with Crippen LogP contribution >= 0.6 is 0 Å². The summed E-state index contributed by atoms with van der Waals surface area (Å²) in [5.41, 5.74) is 3.97. The second-order valence-corrected chi connectivity index (χ2v) is 7.41. The topological polar surface area (TPSA) is 75.6 Å². The molecule has 0 bridgehead atoms. The Morgan fingerprint density at radius 1 is 1.04 bits per heavy atom. The number of nitrogens with one attached hydrogen (secondary N) is 2. The van der Waals surface area contributed by atoms with Crippen LogP contribution in [0.5, 0.6) is 0 Å². The fraction of sp³-hybridized carbons (Fsp3) is 0.318. The molecular weight excluding hydrogens is 350 g/mol. The molecule has 2 aromatic carbocycles. The van der Waals surface area contributed by atoms with Gasteiger partial charge in [-0.15, -0.1) is 0 Å². The maximum Gasteiger partial charge on any atom is 0.221 e. The van der Waals surface area contributed by atoms with Gasteiger partial charge in [0.05, 0.1) is 28.1 Å². The lowest BCUT2D eigenvalue weighted by atomic mass is 10.2. The zero-order chi connectivity index (χ0) is 19.7. The Labute approximate surface area is 164 Å². The van der Waals surface area contributed by atoms with Crippen LogP contribution in [0.3, 0.4) is 0 Å². The van der Waals surface area contributed by atoms with E-state index in [0.717, 1.165) is 33.7 Å². The normalized spacial score (nSPS) is 12.7. The molecule has 0 saturated carbocycles. The number of para-hydroxylation sites is 4. The van der Waals surface area contributed by atoms with E-state index in [-0.39, 0.29) is 18.0 Å². The molecule has 2 N–H and O–H groups in total. The Morgan fingerprint density at radius 2 is 1.75 bits per heavy atom. The van der Waals surface area contributed by atoms with E-state index >= 15 is 0 Å². The molecule has 1 unspecified atom stereocenters. The number of hydrogen-bond acceptors (Lipinski definition) is 3. The van der Waals surface area contributed by atoms with Crippen LogP contribution in [0.4, 0.5) is 0 Å². The number of fused-ring (bicyclic) bond motifs is 2. The van der Waals surface area contributed by atoms with Crippen LogP contribution in [0.2, 0.25) is 0 Å². The smallest absolute Gasteiger partial charge is 0.221 e. The third-order valence-corrected chi connectivity index (χ3v) is 4.93. The number of H-pyrrole nitrogens is 1. The van der Waals surface area contributed by atoms with Gasteiger partial charge in [0.25, 0.3) is 0 Å². The minimum Gasteiger partial charge on any atom is -0.346 e. The van der Waals surface area contributed by atoms with Crippen molar-refractivity contribution in [2.75, 3.05) is 0 Å². The number of rotatable bonds is 6. The van der Waals surface area contributed by atoms with E-state index in [1.165, 1.54) is 0 Å². The summed E-state index contributed by atoms with van der Waals surface area (Å²) in [7, 11) is 0. The molecule has 2 heterocycles. The third-order valence-electron chi connectivity index (χ3n) is 4.93. The van der Waals surface area contributed by atoms with Crippen molar-refractivity contribution in [2.24, 2.45) is 0 Å². The molecular formula is C22H25N5O. The third kappa shape index (κ3) is 3.50. The van der Waals surface area contributed by atoms with Crippen LogP contribution < -0.4 is 5.32 Å². The van der Waals surface area contributed by atoms with E-state index in [1.807, 2.05) is 49.4 Å². The van der Waals surface area contributed by atoms with Gasteiger partial charge in [-0.3, -0.25) is 4.79 Å². The molecule has 0 saturated heterocycles. The lowest BCUT2D eigenvalue weighted by molar-refractivity contribution is -0.121. The maximum absolute atomic E-state index is 12.5. The van der Waals surface area contributed by atoms with Crippen molar-refractivity contribution in [3.63, 3.8) is 0 Å². The van der Waals surface area contributed by atoms with E-state index < -0.39 is 0 Å². The predicted octanol–water partition coefficient (Wildman–Crippen LogP) is 4.30. The molecule has 6 heteroatoms. The lowest BCUT2D eigenvalue weighted by Crippen LogP contribution is -2.29. The number of aromatic amines is 1. The Bertz CT molecular complexity index is 1090.